The van der Waals surface area contributed by atoms with E-state index in [1.54, 1.807) is 12.4 Å². The van der Waals surface area contributed by atoms with E-state index in [4.69, 9.17) is 0 Å². The van der Waals surface area contributed by atoms with Crippen molar-refractivity contribution in [2.75, 3.05) is 13.1 Å². The lowest BCUT2D eigenvalue weighted by Gasteiger charge is -2.16. The first kappa shape index (κ1) is 7.61. The van der Waals surface area contributed by atoms with Crippen LogP contribution < -0.4 is 5.32 Å². The summed E-state index contributed by atoms with van der Waals surface area (Å²) < 4.78 is 13.9. The van der Waals surface area contributed by atoms with Crippen LogP contribution in [0.25, 0.3) is 0 Å². The van der Waals surface area contributed by atoms with E-state index in [0.717, 1.165) is 6.54 Å². The predicted octanol–water partition coefficient (Wildman–Crippen LogP) is 0.635. The van der Waals surface area contributed by atoms with Gasteiger partial charge in [0.2, 0.25) is 0 Å². The van der Waals surface area contributed by atoms with Crippen LogP contribution in [0.5, 0.6) is 0 Å². The molecule has 1 aliphatic rings. The molecule has 0 amide bonds. The van der Waals surface area contributed by atoms with E-state index >= 15 is 0 Å². The summed E-state index contributed by atoms with van der Waals surface area (Å²) in [5.74, 6) is 0. The van der Waals surface area contributed by atoms with Crippen LogP contribution in [0.4, 0.5) is 4.39 Å². The summed E-state index contributed by atoms with van der Waals surface area (Å²) >= 11 is 0. The summed E-state index contributed by atoms with van der Waals surface area (Å²) in [6.07, 6.45) is 5.01. The minimum Gasteiger partial charge on any atom is -0.313 e. The highest BCUT2D eigenvalue weighted by molar-refractivity contribution is 5.17. The van der Waals surface area contributed by atoms with Gasteiger partial charge >= 0.3 is 0 Å². The van der Waals surface area contributed by atoms with Gasteiger partial charge in [0.1, 0.15) is 6.33 Å². The topological polar surface area (TPSA) is 37.8 Å². The SMILES string of the molecule is FC1(c2cncnc2)CCNC1. The van der Waals surface area contributed by atoms with Gasteiger partial charge in [0, 0.05) is 24.5 Å². The molecule has 0 aliphatic carbocycles. The Balaban J connectivity index is 2.29. The van der Waals surface area contributed by atoms with Gasteiger partial charge in [-0.15, -0.1) is 0 Å². The van der Waals surface area contributed by atoms with Gasteiger partial charge in [-0.2, -0.15) is 0 Å². The Morgan fingerprint density at radius 3 is 2.75 bits per heavy atom. The van der Waals surface area contributed by atoms with Crippen LogP contribution in [-0.2, 0) is 5.67 Å². The third-order valence-corrected chi connectivity index (χ3v) is 2.18. The lowest BCUT2D eigenvalue weighted by molar-refractivity contribution is 0.192. The molecule has 2 heterocycles. The average molecular weight is 167 g/mol. The zero-order chi connectivity index (χ0) is 8.44. The molecule has 4 heteroatoms. The molecule has 12 heavy (non-hydrogen) atoms. The molecule has 0 saturated carbocycles. The van der Waals surface area contributed by atoms with Crippen molar-refractivity contribution in [1.82, 2.24) is 15.3 Å². The highest BCUT2D eigenvalue weighted by Gasteiger charge is 2.35. The smallest absolute Gasteiger partial charge is 0.152 e. The number of aromatic nitrogens is 2. The number of halogens is 1. The third-order valence-electron chi connectivity index (χ3n) is 2.18. The molecule has 0 bridgehead atoms. The molecule has 1 saturated heterocycles. The van der Waals surface area contributed by atoms with Gasteiger partial charge in [-0.1, -0.05) is 0 Å². The number of hydrogen-bond donors (Lipinski definition) is 1. The van der Waals surface area contributed by atoms with Crippen LogP contribution >= 0.6 is 0 Å². The van der Waals surface area contributed by atoms with Crippen molar-refractivity contribution >= 4 is 0 Å². The van der Waals surface area contributed by atoms with Gasteiger partial charge in [-0.3, -0.25) is 0 Å². The Morgan fingerprint density at radius 2 is 2.17 bits per heavy atom. The zero-order valence-corrected chi connectivity index (χ0v) is 6.63. The van der Waals surface area contributed by atoms with Crippen molar-refractivity contribution < 1.29 is 4.39 Å². The summed E-state index contributed by atoms with van der Waals surface area (Å²) in [5.41, 5.74) is -0.670. The molecule has 2 rings (SSSR count). The fraction of sp³-hybridized carbons (Fsp3) is 0.500. The maximum absolute atomic E-state index is 13.9. The maximum Gasteiger partial charge on any atom is 0.152 e. The molecular weight excluding hydrogens is 157 g/mol. The minimum atomic E-state index is -1.25. The molecule has 1 aromatic heterocycles. The number of nitrogens with one attached hydrogen (secondary N) is 1. The van der Waals surface area contributed by atoms with Crippen molar-refractivity contribution in [3.8, 4) is 0 Å². The van der Waals surface area contributed by atoms with E-state index in [2.05, 4.69) is 15.3 Å². The Labute approximate surface area is 70.0 Å². The van der Waals surface area contributed by atoms with Gasteiger partial charge in [0.05, 0.1) is 0 Å². The van der Waals surface area contributed by atoms with E-state index in [1.807, 2.05) is 0 Å². The molecule has 1 aromatic rings. The Bertz CT molecular complexity index is 256. The van der Waals surface area contributed by atoms with E-state index in [1.165, 1.54) is 6.33 Å². The second-order valence-electron chi connectivity index (χ2n) is 3.02. The first-order chi connectivity index (χ1) is 5.81. The maximum atomic E-state index is 13.9. The number of alkyl halides is 1. The minimum absolute atomic E-state index is 0.375. The fourth-order valence-electron chi connectivity index (χ4n) is 1.44. The highest BCUT2D eigenvalue weighted by Crippen LogP contribution is 2.30. The number of hydrogen-bond acceptors (Lipinski definition) is 3. The Kier molecular flexibility index (Phi) is 1.77. The molecule has 1 unspecified atom stereocenters. The summed E-state index contributed by atoms with van der Waals surface area (Å²) in [4.78, 5) is 7.59. The van der Waals surface area contributed by atoms with Crippen molar-refractivity contribution in [2.45, 2.75) is 12.1 Å². The quantitative estimate of drug-likeness (QED) is 0.666. The second kappa shape index (κ2) is 2.79. The van der Waals surface area contributed by atoms with E-state index in [0.29, 0.717) is 18.5 Å². The molecule has 3 nitrogen and oxygen atoms in total. The van der Waals surface area contributed by atoms with Crippen LogP contribution in [0, 0.1) is 0 Å². The first-order valence-electron chi connectivity index (χ1n) is 3.96. The summed E-state index contributed by atoms with van der Waals surface area (Å²) in [5, 5.41) is 2.98. The molecule has 1 fully saturated rings. The molecule has 1 atom stereocenters. The predicted molar refractivity (Wildman–Crippen MR) is 42.3 cm³/mol. The van der Waals surface area contributed by atoms with E-state index in [9.17, 15) is 4.39 Å². The van der Waals surface area contributed by atoms with Gasteiger partial charge in [0.15, 0.2) is 5.67 Å². The second-order valence-corrected chi connectivity index (χ2v) is 3.02. The molecular formula is C8H10FN3. The van der Waals surface area contributed by atoms with Crippen LogP contribution in [0.15, 0.2) is 18.7 Å². The molecule has 0 spiro atoms. The van der Waals surface area contributed by atoms with E-state index < -0.39 is 5.67 Å². The van der Waals surface area contributed by atoms with Crippen molar-refractivity contribution in [1.29, 1.82) is 0 Å². The molecule has 64 valence electrons. The van der Waals surface area contributed by atoms with Crippen LogP contribution in [0.1, 0.15) is 12.0 Å². The Hall–Kier alpha value is -1.03. The van der Waals surface area contributed by atoms with Gasteiger partial charge < -0.3 is 5.32 Å². The average Bonchev–Trinajstić information content (AvgIpc) is 2.55. The molecule has 0 radical (unpaired) electrons. The highest BCUT2D eigenvalue weighted by atomic mass is 19.1. The lowest BCUT2D eigenvalue weighted by Crippen LogP contribution is -2.23. The number of nitrogens with zero attached hydrogens (tertiary/aromatic N) is 2. The first-order valence-corrected chi connectivity index (χ1v) is 3.96. The van der Waals surface area contributed by atoms with Crippen molar-refractivity contribution in [2.24, 2.45) is 0 Å². The Morgan fingerprint density at radius 1 is 1.42 bits per heavy atom. The fourth-order valence-corrected chi connectivity index (χ4v) is 1.44. The largest absolute Gasteiger partial charge is 0.313 e. The monoisotopic (exact) mass is 167 g/mol. The summed E-state index contributed by atoms with van der Waals surface area (Å²) in [6, 6.07) is 0. The van der Waals surface area contributed by atoms with Crippen molar-refractivity contribution in [3.05, 3.63) is 24.3 Å². The van der Waals surface area contributed by atoms with Gasteiger partial charge in [-0.05, 0) is 13.0 Å². The van der Waals surface area contributed by atoms with Crippen LogP contribution in [-0.4, -0.2) is 23.1 Å². The zero-order valence-electron chi connectivity index (χ0n) is 6.63. The van der Waals surface area contributed by atoms with Gasteiger partial charge in [-0.25, -0.2) is 14.4 Å². The van der Waals surface area contributed by atoms with Crippen LogP contribution in [0.2, 0.25) is 0 Å². The van der Waals surface area contributed by atoms with Crippen molar-refractivity contribution in [3.63, 3.8) is 0 Å². The van der Waals surface area contributed by atoms with E-state index in [-0.39, 0.29) is 0 Å². The van der Waals surface area contributed by atoms with Crippen LogP contribution in [0.3, 0.4) is 0 Å². The number of rotatable bonds is 1. The van der Waals surface area contributed by atoms with Gasteiger partial charge in [0.25, 0.3) is 0 Å². The standard InChI is InChI=1S/C8H10FN3/c9-8(1-2-10-5-8)7-3-11-6-12-4-7/h3-4,6,10H,1-2,5H2. The lowest BCUT2D eigenvalue weighted by atomic mass is 9.98. The molecule has 1 aliphatic heterocycles. The summed E-state index contributed by atoms with van der Waals surface area (Å²) in [6.45, 7) is 1.10. The molecule has 0 aromatic carbocycles. The summed E-state index contributed by atoms with van der Waals surface area (Å²) in [7, 11) is 0. The third kappa shape index (κ3) is 1.18. The normalized spacial score (nSPS) is 29.1. The molecule has 1 N–H and O–H groups in total.